The van der Waals surface area contributed by atoms with E-state index in [1.807, 2.05) is 0 Å². The topological polar surface area (TPSA) is 20.2 Å². The zero-order valence-corrected chi connectivity index (χ0v) is 12.4. The van der Waals surface area contributed by atoms with Crippen LogP contribution in [0.1, 0.15) is 67.7 Å². The number of aliphatic hydroxyl groups excluding tert-OH is 1. The molecule has 0 rings (SSSR count). The van der Waals surface area contributed by atoms with Gasteiger partial charge >= 0.3 is 0 Å². The molecular formula is C15H32O. The summed E-state index contributed by atoms with van der Waals surface area (Å²) in [6.07, 6.45) is 3.13. The van der Waals surface area contributed by atoms with Gasteiger partial charge in [-0.1, -0.05) is 61.3 Å². The molecule has 1 nitrogen and oxygen atoms in total. The Balaban J connectivity index is 4.36. The molecule has 0 spiro atoms. The minimum absolute atomic E-state index is 0.140. The highest BCUT2D eigenvalue weighted by atomic mass is 16.3. The third-order valence-electron chi connectivity index (χ3n) is 4.39. The molecule has 0 amide bonds. The van der Waals surface area contributed by atoms with Gasteiger partial charge in [-0.3, -0.25) is 0 Å². The average Bonchev–Trinajstić information content (AvgIpc) is 2.21. The van der Waals surface area contributed by atoms with Crippen LogP contribution in [0, 0.1) is 23.2 Å². The first-order valence-corrected chi connectivity index (χ1v) is 6.92. The van der Waals surface area contributed by atoms with Crippen molar-refractivity contribution in [1.82, 2.24) is 0 Å². The summed E-state index contributed by atoms with van der Waals surface area (Å²) in [7, 11) is 0. The molecule has 0 fully saturated rings. The average molecular weight is 228 g/mol. The molecule has 0 saturated carbocycles. The Morgan fingerprint density at radius 1 is 1.00 bits per heavy atom. The monoisotopic (exact) mass is 228 g/mol. The van der Waals surface area contributed by atoms with Crippen LogP contribution in [0.5, 0.6) is 0 Å². The standard InChI is InChI=1S/C15H32O/c1-8-11(3)12(4)14(16)10-13(9-2)15(5,6)7/h11-14,16H,8-10H2,1-7H3. The Bertz CT molecular complexity index is 180. The van der Waals surface area contributed by atoms with E-state index in [1.165, 1.54) is 0 Å². The highest BCUT2D eigenvalue weighted by Gasteiger charge is 2.28. The lowest BCUT2D eigenvalue weighted by Gasteiger charge is -2.34. The first-order valence-electron chi connectivity index (χ1n) is 6.92. The van der Waals surface area contributed by atoms with Crippen molar-refractivity contribution in [2.45, 2.75) is 73.8 Å². The van der Waals surface area contributed by atoms with Gasteiger partial charge in [-0.05, 0) is 29.6 Å². The SMILES string of the molecule is CCC(C)C(C)C(O)CC(CC)C(C)(C)C. The Morgan fingerprint density at radius 3 is 1.81 bits per heavy atom. The maximum atomic E-state index is 10.3. The van der Waals surface area contributed by atoms with E-state index in [2.05, 4.69) is 48.5 Å². The number of hydrogen-bond donors (Lipinski definition) is 1. The normalized spacial score (nSPS) is 20.2. The van der Waals surface area contributed by atoms with E-state index in [9.17, 15) is 5.11 Å². The fourth-order valence-electron chi connectivity index (χ4n) is 2.39. The first kappa shape index (κ1) is 16.0. The summed E-state index contributed by atoms with van der Waals surface area (Å²) < 4.78 is 0. The summed E-state index contributed by atoms with van der Waals surface area (Å²) >= 11 is 0. The predicted molar refractivity (Wildman–Crippen MR) is 72.5 cm³/mol. The van der Waals surface area contributed by atoms with Gasteiger partial charge in [-0.25, -0.2) is 0 Å². The third kappa shape index (κ3) is 4.86. The maximum absolute atomic E-state index is 10.3. The molecule has 0 saturated heterocycles. The van der Waals surface area contributed by atoms with E-state index < -0.39 is 0 Å². The molecule has 0 aliphatic rings. The van der Waals surface area contributed by atoms with Crippen molar-refractivity contribution in [2.24, 2.45) is 23.2 Å². The smallest absolute Gasteiger partial charge is 0.0571 e. The fourth-order valence-corrected chi connectivity index (χ4v) is 2.39. The number of hydrogen-bond acceptors (Lipinski definition) is 1. The van der Waals surface area contributed by atoms with Crippen LogP contribution in [-0.2, 0) is 0 Å². The highest BCUT2D eigenvalue weighted by molar-refractivity contribution is 4.79. The lowest BCUT2D eigenvalue weighted by atomic mass is 9.73. The molecule has 0 radical (unpaired) electrons. The molecule has 0 aromatic carbocycles. The van der Waals surface area contributed by atoms with Gasteiger partial charge in [0, 0.05) is 0 Å². The molecule has 16 heavy (non-hydrogen) atoms. The van der Waals surface area contributed by atoms with Crippen molar-refractivity contribution in [1.29, 1.82) is 0 Å². The van der Waals surface area contributed by atoms with E-state index in [-0.39, 0.29) is 6.10 Å². The largest absolute Gasteiger partial charge is 0.393 e. The van der Waals surface area contributed by atoms with E-state index in [0.29, 0.717) is 23.2 Å². The van der Waals surface area contributed by atoms with Crippen molar-refractivity contribution in [3.63, 3.8) is 0 Å². The Kier molecular flexibility index (Phi) is 6.62. The molecule has 4 atom stereocenters. The third-order valence-corrected chi connectivity index (χ3v) is 4.39. The summed E-state index contributed by atoms with van der Waals surface area (Å²) in [6.45, 7) is 15.7. The Morgan fingerprint density at radius 2 is 1.50 bits per heavy atom. The molecule has 4 unspecified atom stereocenters. The second-order valence-corrected chi connectivity index (χ2v) is 6.52. The first-order chi connectivity index (χ1) is 7.23. The van der Waals surface area contributed by atoms with Crippen LogP contribution in [-0.4, -0.2) is 11.2 Å². The van der Waals surface area contributed by atoms with Crippen molar-refractivity contribution in [3.05, 3.63) is 0 Å². The summed E-state index contributed by atoms with van der Waals surface area (Å²) in [5.74, 6) is 1.66. The van der Waals surface area contributed by atoms with Gasteiger partial charge in [0.2, 0.25) is 0 Å². The number of rotatable bonds is 6. The van der Waals surface area contributed by atoms with Crippen molar-refractivity contribution in [2.75, 3.05) is 0 Å². The summed E-state index contributed by atoms with van der Waals surface area (Å²) in [6, 6.07) is 0. The van der Waals surface area contributed by atoms with Crippen LogP contribution in [0.3, 0.4) is 0 Å². The summed E-state index contributed by atoms with van der Waals surface area (Å²) in [4.78, 5) is 0. The zero-order valence-electron chi connectivity index (χ0n) is 12.4. The van der Waals surface area contributed by atoms with Crippen molar-refractivity contribution >= 4 is 0 Å². The van der Waals surface area contributed by atoms with Gasteiger partial charge in [0.1, 0.15) is 0 Å². The van der Waals surface area contributed by atoms with Gasteiger partial charge in [-0.2, -0.15) is 0 Å². The molecule has 0 aromatic rings. The molecule has 0 heterocycles. The quantitative estimate of drug-likeness (QED) is 0.710. The van der Waals surface area contributed by atoms with Gasteiger partial charge in [0.25, 0.3) is 0 Å². The number of aliphatic hydroxyl groups is 1. The Labute approximate surface area is 103 Å². The molecule has 0 aliphatic carbocycles. The fraction of sp³-hybridized carbons (Fsp3) is 1.00. The molecule has 0 aliphatic heterocycles. The van der Waals surface area contributed by atoms with Crippen LogP contribution >= 0.6 is 0 Å². The maximum Gasteiger partial charge on any atom is 0.0571 e. The predicted octanol–water partition coefficient (Wildman–Crippen LogP) is 4.49. The molecule has 1 heteroatoms. The van der Waals surface area contributed by atoms with E-state index in [0.717, 1.165) is 19.3 Å². The second-order valence-electron chi connectivity index (χ2n) is 6.52. The van der Waals surface area contributed by atoms with E-state index >= 15 is 0 Å². The van der Waals surface area contributed by atoms with Gasteiger partial charge in [-0.15, -0.1) is 0 Å². The van der Waals surface area contributed by atoms with Crippen LogP contribution in [0.15, 0.2) is 0 Å². The van der Waals surface area contributed by atoms with Gasteiger partial charge in [0.05, 0.1) is 6.10 Å². The second kappa shape index (κ2) is 6.64. The van der Waals surface area contributed by atoms with E-state index in [1.54, 1.807) is 0 Å². The lowest BCUT2D eigenvalue weighted by molar-refractivity contribution is 0.0407. The van der Waals surface area contributed by atoms with Gasteiger partial charge in [0.15, 0.2) is 0 Å². The molecular weight excluding hydrogens is 196 g/mol. The molecule has 0 bridgehead atoms. The minimum atomic E-state index is -0.140. The minimum Gasteiger partial charge on any atom is -0.393 e. The van der Waals surface area contributed by atoms with E-state index in [4.69, 9.17) is 0 Å². The summed E-state index contributed by atoms with van der Waals surface area (Å²) in [5, 5.41) is 10.3. The zero-order chi connectivity index (χ0) is 12.9. The van der Waals surface area contributed by atoms with Crippen LogP contribution in [0.2, 0.25) is 0 Å². The van der Waals surface area contributed by atoms with Gasteiger partial charge < -0.3 is 5.11 Å². The van der Waals surface area contributed by atoms with Crippen LogP contribution in [0.25, 0.3) is 0 Å². The lowest BCUT2D eigenvalue weighted by Crippen LogP contribution is -2.30. The van der Waals surface area contributed by atoms with Crippen LogP contribution in [0.4, 0.5) is 0 Å². The molecule has 0 aromatic heterocycles. The Hall–Kier alpha value is -0.0400. The van der Waals surface area contributed by atoms with Crippen LogP contribution < -0.4 is 0 Å². The van der Waals surface area contributed by atoms with Crippen molar-refractivity contribution in [3.8, 4) is 0 Å². The molecule has 1 N–H and O–H groups in total. The highest BCUT2D eigenvalue weighted by Crippen LogP contribution is 2.34. The molecule has 98 valence electrons. The summed E-state index contributed by atoms with van der Waals surface area (Å²) in [5.41, 5.74) is 0.310. The van der Waals surface area contributed by atoms with Crippen molar-refractivity contribution < 1.29 is 5.11 Å².